The fourth-order valence-electron chi connectivity index (χ4n) is 2.68. The first-order chi connectivity index (χ1) is 9.49. The number of nitro benzene ring substituents is 1. The fourth-order valence-corrected chi connectivity index (χ4v) is 2.68. The van der Waals surface area contributed by atoms with Gasteiger partial charge in [0.1, 0.15) is 0 Å². The number of benzene rings is 1. The molecule has 0 bridgehead atoms. The quantitative estimate of drug-likeness (QED) is 0.651. The van der Waals surface area contributed by atoms with Gasteiger partial charge < -0.3 is 10.4 Å². The molecule has 1 aromatic rings. The molecule has 2 N–H and O–H groups in total. The first kappa shape index (κ1) is 14.3. The van der Waals surface area contributed by atoms with E-state index in [4.69, 9.17) is 0 Å². The minimum atomic E-state index is -1.15. The lowest BCUT2D eigenvalue weighted by atomic mass is 9.85. The maximum Gasteiger partial charge on any atom is 0.338 e. The number of rotatable bonds is 4. The molecule has 20 heavy (non-hydrogen) atoms. The lowest BCUT2D eigenvalue weighted by Gasteiger charge is -2.30. The Kier molecular flexibility index (Phi) is 4.22. The van der Waals surface area contributed by atoms with Crippen LogP contribution in [-0.4, -0.2) is 22.0 Å². The summed E-state index contributed by atoms with van der Waals surface area (Å²) >= 11 is 0. The van der Waals surface area contributed by atoms with Crippen molar-refractivity contribution in [3.05, 3.63) is 33.9 Å². The Morgan fingerprint density at radius 3 is 2.70 bits per heavy atom. The molecule has 1 saturated carbocycles. The van der Waals surface area contributed by atoms with E-state index in [1.165, 1.54) is 18.6 Å². The summed E-state index contributed by atoms with van der Waals surface area (Å²) in [6.07, 6.45) is 4.44. The van der Waals surface area contributed by atoms with Crippen molar-refractivity contribution in [1.82, 2.24) is 0 Å². The van der Waals surface area contributed by atoms with Crippen LogP contribution in [0.4, 0.5) is 11.4 Å². The second-order valence-corrected chi connectivity index (χ2v) is 5.30. The zero-order valence-electron chi connectivity index (χ0n) is 11.3. The standard InChI is InChI=1S/C14H18N2O4/c1-9-4-2-3-5-12(9)15-13-7-6-10(16(19)20)8-11(13)14(17)18/h6-9,12,15H,2-5H2,1H3,(H,17,18)/t9-,12+/m1/s1. The van der Waals surface area contributed by atoms with Gasteiger partial charge in [-0.05, 0) is 24.8 Å². The SMILES string of the molecule is C[C@@H]1CCCC[C@@H]1Nc1ccc([N+](=O)[O-])cc1C(=O)O. The summed E-state index contributed by atoms with van der Waals surface area (Å²) in [4.78, 5) is 21.4. The average molecular weight is 278 g/mol. The molecule has 0 radical (unpaired) electrons. The molecule has 108 valence electrons. The van der Waals surface area contributed by atoms with Crippen LogP contribution < -0.4 is 5.32 Å². The van der Waals surface area contributed by atoms with E-state index in [1.807, 2.05) is 0 Å². The summed E-state index contributed by atoms with van der Waals surface area (Å²) in [5, 5.41) is 23.2. The van der Waals surface area contributed by atoms with E-state index in [1.54, 1.807) is 0 Å². The maximum absolute atomic E-state index is 11.3. The minimum Gasteiger partial charge on any atom is -0.478 e. The van der Waals surface area contributed by atoms with Gasteiger partial charge in [-0.15, -0.1) is 0 Å². The second-order valence-electron chi connectivity index (χ2n) is 5.30. The number of carboxylic acid groups (broad SMARTS) is 1. The van der Waals surface area contributed by atoms with Crippen LogP contribution in [0.3, 0.4) is 0 Å². The van der Waals surface area contributed by atoms with Crippen LogP contribution in [0.15, 0.2) is 18.2 Å². The smallest absolute Gasteiger partial charge is 0.338 e. The number of nitrogens with zero attached hydrogens (tertiary/aromatic N) is 1. The summed E-state index contributed by atoms with van der Waals surface area (Å²) in [7, 11) is 0. The van der Waals surface area contributed by atoms with Crippen molar-refractivity contribution in [2.45, 2.75) is 38.6 Å². The minimum absolute atomic E-state index is 0.0445. The van der Waals surface area contributed by atoms with Gasteiger partial charge in [0.2, 0.25) is 0 Å². The predicted octanol–water partition coefficient (Wildman–Crippen LogP) is 3.28. The molecule has 0 spiro atoms. The zero-order chi connectivity index (χ0) is 14.7. The molecule has 2 rings (SSSR count). The number of non-ortho nitro benzene ring substituents is 1. The first-order valence-electron chi connectivity index (χ1n) is 6.77. The van der Waals surface area contributed by atoms with Gasteiger partial charge in [-0.2, -0.15) is 0 Å². The molecule has 1 aliphatic rings. The van der Waals surface area contributed by atoms with Gasteiger partial charge in [-0.1, -0.05) is 19.8 Å². The highest BCUT2D eigenvalue weighted by molar-refractivity contribution is 5.95. The van der Waals surface area contributed by atoms with Gasteiger partial charge in [0.25, 0.3) is 5.69 Å². The van der Waals surface area contributed by atoms with Crippen molar-refractivity contribution in [1.29, 1.82) is 0 Å². The van der Waals surface area contributed by atoms with E-state index in [0.717, 1.165) is 25.3 Å². The van der Waals surface area contributed by atoms with Crippen molar-refractivity contribution < 1.29 is 14.8 Å². The van der Waals surface area contributed by atoms with Gasteiger partial charge >= 0.3 is 5.97 Å². The summed E-state index contributed by atoms with van der Waals surface area (Å²) in [6, 6.07) is 4.16. The lowest BCUT2D eigenvalue weighted by molar-refractivity contribution is -0.384. The molecule has 0 unspecified atom stereocenters. The van der Waals surface area contributed by atoms with Crippen LogP contribution in [-0.2, 0) is 0 Å². The lowest BCUT2D eigenvalue weighted by Crippen LogP contribution is -2.31. The number of aromatic carboxylic acids is 1. The number of carboxylic acids is 1. The van der Waals surface area contributed by atoms with Crippen LogP contribution in [0.25, 0.3) is 0 Å². The molecule has 1 aromatic carbocycles. The average Bonchev–Trinajstić information content (AvgIpc) is 2.41. The van der Waals surface area contributed by atoms with Crippen LogP contribution in [0.1, 0.15) is 43.0 Å². The first-order valence-corrected chi connectivity index (χ1v) is 6.77. The van der Waals surface area contributed by atoms with Gasteiger partial charge in [0.15, 0.2) is 0 Å². The van der Waals surface area contributed by atoms with E-state index in [2.05, 4.69) is 12.2 Å². The molecule has 1 aliphatic carbocycles. The Balaban J connectivity index is 2.26. The number of anilines is 1. The number of nitro groups is 1. The third-order valence-corrected chi connectivity index (χ3v) is 3.90. The van der Waals surface area contributed by atoms with Gasteiger partial charge in [0.05, 0.1) is 10.5 Å². The highest BCUT2D eigenvalue weighted by Gasteiger charge is 2.23. The third kappa shape index (κ3) is 3.07. The summed E-state index contributed by atoms with van der Waals surface area (Å²) in [5.74, 6) is -0.680. The highest BCUT2D eigenvalue weighted by Crippen LogP contribution is 2.29. The Bertz CT molecular complexity index is 530. The molecule has 0 saturated heterocycles. The van der Waals surface area contributed by atoms with E-state index in [0.29, 0.717) is 11.6 Å². The Hall–Kier alpha value is -2.11. The molecule has 0 amide bonds. The third-order valence-electron chi connectivity index (χ3n) is 3.90. The van der Waals surface area contributed by atoms with E-state index in [9.17, 15) is 20.0 Å². The molecule has 6 heteroatoms. The molecule has 0 heterocycles. The Morgan fingerprint density at radius 2 is 2.10 bits per heavy atom. The highest BCUT2D eigenvalue weighted by atomic mass is 16.6. The molecule has 2 atom stereocenters. The van der Waals surface area contributed by atoms with Crippen molar-refractivity contribution in [3.8, 4) is 0 Å². The normalized spacial score (nSPS) is 22.2. The second kappa shape index (κ2) is 5.90. The summed E-state index contributed by atoms with van der Waals surface area (Å²) < 4.78 is 0. The van der Waals surface area contributed by atoms with Crippen molar-refractivity contribution in [2.75, 3.05) is 5.32 Å². The Morgan fingerprint density at radius 1 is 1.40 bits per heavy atom. The van der Waals surface area contributed by atoms with Crippen molar-refractivity contribution in [3.63, 3.8) is 0 Å². The van der Waals surface area contributed by atoms with Crippen molar-refractivity contribution >= 4 is 17.3 Å². The summed E-state index contributed by atoms with van der Waals surface area (Å²) in [6.45, 7) is 2.14. The van der Waals surface area contributed by atoms with Gasteiger partial charge in [-0.25, -0.2) is 4.79 Å². The molecular weight excluding hydrogens is 260 g/mol. The zero-order valence-corrected chi connectivity index (χ0v) is 11.3. The van der Waals surface area contributed by atoms with Gasteiger partial charge in [-0.3, -0.25) is 10.1 Å². The Labute approximate surface area is 117 Å². The van der Waals surface area contributed by atoms with Crippen LogP contribution in [0.2, 0.25) is 0 Å². The van der Waals surface area contributed by atoms with E-state index >= 15 is 0 Å². The monoisotopic (exact) mass is 278 g/mol. The van der Waals surface area contributed by atoms with Crippen LogP contribution in [0, 0.1) is 16.0 Å². The van der Waals surface area contributed by atoms with Crippen LogP contribution in [0.5, 0.6) is 0 Å². The van der Waals surface area contributed by atoms with Crippen molar-refractivity contribution in [2.24, 2.45) is 5.92 Å². The number of nitrogens with one attached hydrogen (secondary N) is 1. The van der Waals surface area contributed by atoms with E-state index in [-0.39, 0.29) is 17.3 Å². The number of hydrogen-bond donors (Lipinski definition) is 2. The molecule has 0 aromatic heterocycles. The molecular formula is C14H18N2O4. The van der Waals surface area contributed by atoms with E-state index < -0.39 is 10.9 Å². The number of carbonyl (C=O) groups is 1. The van der Waals surface area contributed by atoms with Crippen LogP contribution >= 0.6 is 0 Å². The molecule has 6 nitrogen and oxygen atoms in total. The largest absolute Gasteiger partial charge is 0.478 e. The number of hydrogen-bond acceptors (Lipinski definition) is 4. The predicted molar refractivity (Wildman–Crippen MR) is 75.1 cm³/mol. The maximum atomic E-state index is 11.3. The molecule has 0 aliphatic heterocycles. The summed E-state index contributed by atoms with van der Waals surface area (Å²) in [5.41, 5.74) is 0.212. The van der Waals surface area contributed by atoms with Gasteiger partial charge in [0, 0.05) is 23.9 Å². The fraction of sp³-hybridized carbons (Fsp3) is 0.500. The molecule has 1 fully saturated rings. The topological polar surface area (TPSA) is 92.5 Å².